The minimum absolute atomic E-state index is 0.469. The Hall–Kier alpha value is -0.820. The number of hydrogen-bond donors (Lipinski definition) is 0. The van der Waals surface area contributed by atoms with E-state index in [0.29, 0.717) is 9.98 Å². The van der Waals surface area contributed by atoms with Crippen molar-refractivity contribution in [3.05, 3.63) is 22.2 Å². The summed E-state index contributed by atoms with van der Waals surface area (Å²) in [5, 5.41) is 10.2. The van der Waals surface area contributed by atoms with Gasteiger partial charge in [-0.25, -0.2) is 4.68 Å². The van der Waals surface area contributed by atoms with Gasteiger partial charge in [-0.3, -0.25) is 4.68 Å². The van der Waals surface area contributed by atoms with Crippen LogP contribution in [0, 0.1) is 13.8 Å². The van der Waals surface area contributed by atoms with Crippen molar-refractivity contribution in [2.45, 2.75) is 37.3 Å². The van der Waals surface area contributed by atoms with Crippen molar-refractivity contribution >= 4 is 27.7 Å². The molecule has 0 saturated heterocycles. The summed E-state index contributed by atoms with van der Waals surface area (Å²) < 4.78 is 4.68. The largest absolute Gasteiger partial charge is 0.268 e. The number of aromatic nitrogens is 5. The lowest BCUT2D eigenvalue weighted by molar-refractivity contribution is 0.504. The molecule has 2 aromatic heterocycles. The molecule has 3 heterocycles. The van der Waals surface area contributed by atoms with E-state index in [9.17, 15) is 0 Å². The maximum absolute atomic E-state index is 4.48. The molecule has 0 amide bonds. The second-order valence-electron chi connectivity index (χ2n) is 4.19. The fourth-order valence-electron chi connectivity index (χ4n) is 2.03. The molecule has 0 radical (unpaired) electrons. The van der Waals surface area contributed by atoms with Gasteiger partial charge in [-0.05, 0) is 35.8 Å². The molecular weight excluding hydrogens is 302 g/mol. The van der Waals surface area contributed by atoms with Gasteiger partial charge in [-0.1, -0.05) is 11.8 Å². The van der Waals surface area contributed by atoms with Crippen molar-refractivity contribution in [3.8, 4) is 0 Å². The molecule has 3 rings (SSSR count). The second kappa shape index (κ2) is 4.13. The molecule has 0 aromatic carbocycles. The number of halogens is 1. The number of hydrogen-bond acceptors (Lipinski definition) is 4. The summed E-state index contributed by atoms with van der Waals surface area (Å²) in [4.78, 5) is 4.31. The van der Waals surface area contributed by atoms with Crippen molar-refractivity contribution in [2.24, 2.45) is 0 Å². The molecule has 2 aromatic rings. The molecular formula is C10H12BrN5S. The molecule has 0 aliphatic carbocycles. The Morgan fingerprint density at radius 3 is 2.94 bits per heavy atom. The van der Waals surface area contributed by atoms with E-state index in [-0.39, 0.29) is 0 Å². The molecule has 0 N–H and O–H groups in total. The first kappa shape index (κ1) is 11.3. The predicted molar refractivity (Wildman–Crippen MR) is 69.1 cm³/mol. The van der Waals surface area contributed by atoms with Crippen LogP contribution in [0.2, 0.25) is 0 Å². The Kier molecular flexibility index (Phi) is 2.74. The first-order valence-electron chi connectivity index (χ1n) is 5.40. The van der Waals surface area contributed by atoms with Crippen LogP contribution in [0.4, 0.5) is 0 Å². The van der Waals surface area contributed by atoms with E-state index < -0.39 is 0 Å². The number of nitrogens with zero attached hydrogens (tertiary/aromatic N) is 5. The van der Waals surface area contributed by atoms with E-state index >= 15 is 0 Å². The van der Waals surface area contributed by atoms with Crippen LogP contribution in [0.25, 0.3) is 0 Å². The summed E-state index contributed by atoms with van der Waals surface area (Å²) in [6, 6.07) is 2.10. The van der Waals surface area contributed by atoms with Crippen LogP contribution >= 0.6 is 27.7 Å². The fourth-order valence-corrected chi connectivity index (χ4v) is 3.62. The molecule has 1 atom stereocenters. The number of rotatable bonds is 2. The molecule has 17 heavy (non-hydrogen) atoms. The van der Waals surface area contributed by atoms with Gasteiger partial charge in [0.25, 0.3) is 0 Å². The minimum atomic E-state index is 0.469. The maximum Gasteiger partial charge on any atom is 0.218 e. The van der Waals surface area contributed by atoms with E-state index in [0.717, 1.165) is 23.9 Å². The van der Waals surface area contributed by atoms with E-state index in [1.165, 1.54) is 5.69 Å². The van der Waals surface area contributed by atoms with Gasteiger partial charge in [0, 0.05) is 5.69 Å². The van der Waals surface area contributed by atoms with Crippen molar-refractivity contribution in [3.63, 3.8) is 0 Å². The molecule has 0 bridgehead atoms. The Morgan fingerprint density at radius 2 is 2.29 bits per heavy atom. The molecule has 1 unspecified atom stereocenters. The lowest BCUT2D eigenvalue weighted by atomic mass is 10.4. The van der Waals surface area contributed by atoms with Crippen LogP contribution in [0.5, 0.6) is 0 Å². The highest BCUT2D eigenvalue weighted by Crippen LogP contribution is 2.32. The summed E-state index contributed by atoms with van der Waals surface area (Å²) in [6.45, 7) is 5.92. The van der Waals surface area contributed by atoms with E-state index in [4.69, 9.17) is 0 Å². The Labute approximate surface area is 112 Å². The topological polar surface area (TPSA) is 48.5 Å². The molecule has 1 aliphatic heterocycles. The summed E-state index contributed by atoms with van der Waals surface area (Å²) in [6.07, 6.45) is 0. The highest BCUT2D eigenvalue weighted by Gasteiger charge is 2.26. The van der Waals surface area contributed by atoms with Crippen molar-refractivity contribution < 1.29 is 0 Å². The van der Waals surface area contributed by atoms with E-state index in [2.05, 4.69) is 48.8 Å². The van der Waals surface area contributed by atoms with Crippen LogP contribution in [0.3, 0.4) is 0 Å². The van der Waals surface area contributed by atoms with Gasteiger partial charge in [-0.2, -0.15) is 10.1 Å². The van der Waals surface area contributed by atoms with E-state index in [1.807, 2.05) is 11.6 Å². The third-order valence-electron chi connectivity index (χ3n) is 2.74. The third-order valence-corrected chi connectivity index (χ3v) is 4.22. The number of aryl methyl sites for hydroxylation is 2. The lowest BCUT2D eigenvalue weighted by Gasteiger charge is -2.09. The number of fused-ring (bicyclic) bond motifs is 1. The molecule has 7 heteroatoms. The van der Waals surface area contributed by atoms with Crippen molar-refractivity contribution in [1.82, 2.24) is 24.5 Å². The van der Waals surface area contributed by atoms with E-state index in [1.54, 1.807) is 11.8 Å². The van der Waals surface area contributed by atoms with Gasteiger partial charge in [0.2, 0.25) is 4.73 Å². The summed E-state index contributed by atoms with van der Waals surface area (Å²) >= 11 is 5.05. The van der Waals surface area contributed by atoms with Crippen LogP contribution in [-0.2, 0) is 13.1 Å². The molecule has 1 aliphatic rings. The van der Waals surface area contributed by atoms with Crippen LogP contribution in [-0.4, -0.2) is 29.8 Å². The van der Waals surface area contributed by atoms with Gasteiger partial charge >= 0.3 is 0 Å². The highest BCUT2D eigenvalue weighted by atomic mass is 79.9. The minimum Gasteiger partial charge on any atom is -0.268 e. The smallest absolute Gasteiger partial charge is 0.218 e. The zero-order chi connectivity index (χ0) is 12.0. The summed E-state index contributed by atoms with van der Waals surface area (Å²) in [7, 11) is 0. The summed E-state index contributed by atoms with van der Waals surface area (Å²) in [5.41, 5.74) is 2.28. The second-order valence-corrected chi connectivity index (χ2v) is 6.17. The molecule has 90 valence electrons. The highest BCUT2D eigenvalue weighted by molar-refractivity contribution is 9.10. The quantitative estimate of drug-likeness (QED) is 0.851. The SMILES string of the molecule is Cc1cc(C)n(CC2Cn3nc(Br)nc3S2)n1. The molecule has 5 nitrogen and oxygen atoms in total. The fraction of sp³-hybridized carbons (Fsp3) is 0.500. The maximum atomic E-state index is 4.48. The third kappa shape index (κ3) is 2.13. The van der Waals surface area contributed by atoms with Gasteiger partial charge in [-0.15, -0.1) is 5.10 Å². The van der Waals surface area contributed by atoms with Crippen molar-refractivity contribution in [2.75, 3.05) is 0 Å². The number of thioether (sulfide) groups is 1. The Balaban J connectivity index is 1.73. The first-order chi connectivity index (χ1) is 8.11. The van der Waals surface area contributed by atoms with Gasteiger partial charge in [0.05, 0.1) is 24.0 Å². The molecule has 0 saturated carbocycles. The summed E-state index contributed by atoms with van der Waals surface area (Å²) in [5.74, 6) is 0. The molecule has 0 fully saturated rings. The van der Waals surface area contributed by atoms with Gasteiger partial charge in [0.1, 0.15) is 0 Å². The van der Waals surface area contributed by atoms with Crippen LogP contribution < -0.4 is 0 Å². The Morgan fingerprint density at radius 1 is 1.47 bits per heavy atom. The monoisotopic (exact) mass is 313 g/mol. The lowest BCUT2D eigenvalue weighted by Crippen LogP contribution is -2.16. The van der Waals surface area contributed by atoms with Crippen LogP contribution in [0.1, 0.15) is 11.4 Å². The van der Waals surface area contributed by atoms with Gasteiger partial charge < -0.3 is 0 Å². The first-order valence-corrected chi connectivity index (χ1v) is 7.07. The predicted octanol–water partition coefficient (Wildman–Crippen LogP) is 2.03. The Bertz CT molecular complexity index is 538. The standard InChI is InChI=1S/C10H12BrN5S/c1-6-3-7(2)15(13-6)4-8-5-16-10(17-8)12-9(11)14-16/h3,8H,4-5H2,1-2H3. The van der Waals surface area contributed by atoms with Crippen LogP contribution in [0.15, 0.2) is 16.0 Å². The van der Waals surface area contributed by atoms with Gasteiger partial charge in [0.15, 0.2) is 5.16 Å². The normalized spacial score (nSPS) is 18.6. The molecule has 0 spiro atoms. The zero-order valence-corrected chi connectivity index (χ0v) is 12.0. The average Bonchev–Trinajstić information content (AvgIpc) is 2.81. The van der Waals surface area contributed by atoms with Crippen molar-refractivity contribution in [1.29, 1.82) is 0 Å². The zero-order valence-electron chi connectivity index (χ0n) is 9.59. The average molecular weight is 314 g/mol.